The quantitative estimate of drug-likeness (QED) is 0.416. The van der Waals surface area contributed by atoms with E-state index in [0.29, 0.717) is 55.4 Å². The van der Waals surface area contributed by atoms with Crippen molar-refractivity contribution in [1.82, 2.24) is 19.9 Å². The van der Waals surface area contributed by atoms with Crippen LogP contribution in [0.5, 0.6) is 5.75 Å². The van der Waals surface area contributed by atoms with Gasteiger partial charge in [-0.25, -0.2) is 14.1 Å². The number of halogens is 1. The molecular formula is C26H32FN5O5S. The van der Waals surface area contributed by atoms with E-state index in [0.717, 1.165) is 0 Å². The van der Waals surface area contributed by atoms with Gasteiger partial charge in [0.2, 0.25) is 0 Å². The van der Waals surface area contributed by atoms with Crippen LogP contribution in [-0.2, 0) is 14.8 Å². The van der Waals surface area contributed by atoms with Crippen LogP contribution in [0, 0.1) is 11.7 Å². The Hall–Kier alpha value is -3.51. The molecule has 3 aromatic rings. The fraction of sp³-hybridized carbons (Fsp3) is 0.423. The van der Waals surface area contributed by atoms with E-state index in [2.05, 4.69) is 14.9 Å². The average Bonchev–Trinajstić information content (AvgIpc) is 3.43. The lowest BCUT2D eigenvalue weighted by Gasteiger charge is -2.39. The van der Waals surface area contributed by atoms with Gasteiger partial charge in [0.15, 0.2) is 5.03 Å². The van der Waals surface area contributed by atoms with Crippen molar-refractivity contribution in [3.05, 3.63) is 54.0 Å². The third kappa shape index (κ3) is 6.30. The molecule has 1 amide bonds. The zero-order valence-electron chi connectivity index (χ0n) is 21.8. The van der Waals surface area contributed by atoms with E-state index in [-0.39, 0.29) is 22.1 Å². The standard InChI is InChI=1S/C26H32FN5O5S/c1-17(2)16-37-20-14-18(13-19(27)15-20)22-6-5-21(25(33)31-38(34,35)23-7-10-28-30-23)24(29-22)32-11-8-26(3,36-4)9-12-32/h5-7,10,13-15,17H,8-9,11-12,16H2,1-4H3,(H,28,30)(H,31,33). The first kappa shape index (κ1) is 27.5. The molecule has 0 spiro atoms. The molecule has 1 fully saturated rings. The monoisotopic (exact) mass is 545 g/mol. The first-order valence-electron chi connectivity index (χ1n) is 12.3. The molecule has 1 saturated heterocycles. The number of ether oxygens (including phenoxy) is 2. The number of sulfonamides is 1. The van der Waals surface area contributed by atoms with E-state index in [1.54, 1.807) is 19.2 Å². The topological polar surface area (TPSA) is 127 Å². The van der Waals surface area contributed by atoms with Crippen molar-refractivity contribution in [3.8, 4) is 17.0 Å². The average molecular weight is 546 g/mol. The predicted octanol–water partition coefficient (Wildman–Crippen LogP) is 3.77. The van der Waals surface area contributed by atoms with Crippen molar-refractivity contribution in [2.45, 2.75) is 44.2 Å². The van der Waals surface area contributed by atoms with Gasteiger partial charge in [0.25, 0.3) is 15.9 Å². The summed E-state index contributed by atoms with van der Waals surface area (Å²) in [6.07, 6.45) is 2.63. The van der Waals surface area contributed by atoms with E-state index in [4.69, 9.17) is 14.5 Å². The van der Waals surface area contributed by atoms with E-state index in [1.807, 2.05) is 25.7 Å². The van der Waals surface area contributed by atoms with Crippen LogP contribution >= 0.6 is 0 Å². The molecule has 4 rings (SSSR count). The SMILES string of the molecule is COC1(C)CCN(c2nc(-c3cc(F)cc(OCC(C)C)c3)ccc2C(=O)NS(=O)(=O)c2ccn[nH]2)CC1. The smallest absolute Gasteiger partial charge is 0.281 e. The zero-order valence-corrected chi connectivity index (χ0v) is 22.6. The number of hydrogen-bond donors (Lipinski definition) is 2. The first-order chi connectivity index (χ1) is 18.0. The van der Waals surface area contributed by atoms with Crippen LogP contribution in [0.15, 0.2) is 47.6 Å². The summed E-state index contributed by atoms with van der Waals surface area (Å²) in [5.41, 5.74) is 0.652. The van der Waals surface area contributed by atoms with Gasteiger partial charge in [-0.05, 0) is 56.0 Å². The Bertz CT molecular complexity index is 1390. The number of H-pyrrole nitrogens is 1. The van der Waals surface area contributed by atoms with Gasteiger partial charge in [0.05, 0.1) is 29.7 Å². The van der Waals surface area contributed by atoms with Crippen molar-refractivity contribution < 1.29 is 27.1 Å². The van der Waals surface area contributed by atoms with E-state index >= 15 is 0 Å². The van der Waals surface area contributed by atoms with Gasteiger partial charge < -0.3 is 14.4 Å². The molecule has 204 valence electrons. The molecule has 0 saturated carbocycles. The minimum Gasteiger partial charge on any atom is -0.493 e. The number of aromatic amines is 1. The molecule has 1 aliphatic rings. The largest absolute Gasteiger partial charge is 0.493 e. The Morgan fingerprint density at radius 2 is 1.95 bits per heavy atom. The van der Waals surface area contributed by atoms with Crippen molar-refractivity contribution in [2.24, 2.45) is 5.92 Å². The van der Waals surface area contributed by atoms with Gasteiger partial charge in [0, 0.05) is 31.8 Å². The van der Waals surface area contributed by atoms with Crippen LogP contribution in [0.1, 0.15) is 44.0 Å². The summed E-state index contributed by atoms with van der Waals surface area (Å²) in [6, 6.07) is 8.65. The van der Waals surface area contributed by atoms with Gasteiger partial charge >= 0.3 is 0 Å². The summed E-state index contributed by atoms with van der Waals surface area (Å²) in [6.45, 7) is 7.50. The lowest BCUT2D eigenvalue weighted by Crippen LogP contribution is -2.45. The second-order valence-electron chi connectivity index (χ2n) is 9.94. The molecule has 0 atom stereocenters. The number of pyridine rings is 1. The minimum atomic E-state index is -4.17. The zero-order chi connectivity index (χ0) is 27.5. The van der Waals surface area contributed by atoms with Gasteiger partial charge in [-0.3, -0.25) is 9.89 Å². The molecular weight excluding hydrogens is 513 g/mol. The summed E-state index contributed by atoms with van der Waals surface area (Å²) in [5, 5.41) is 5.74. The molecule has 2 N–H and O–H groups in total. The molecule has 10 nitrogen and oxygen atoms in total. The summed E-state index contributed by atoms with van der Waals surface area (Å²) in [7, 11) is -2.51. The summed E-state index contributed by atoms with van der Waals surface area (Å²) < 4.78 is 53.2. The molecule has 1 aromatic carbocycles. The van der Waals surface area contributed by atoms with Crippen molar-refractivity contribution in [2.75, 3.05) is 31.7 Å². The molecule has 1 aliphatic heterocycles. The van der Waals surface area contributed by atoms with Crippen LogP contribution < -0.4 is 14.4 Å². The van der Waals surface area contributed by atoms with E-state index < -0.39 is 21.7 Å². The molecule has 38 heavy (non-hydrogen) atoms. The highest BCUT2D eigenvalue weighted by Crippen LogP contribution is 2.32. The van der Waals surface area contributed by atoms with Crippen LogP contribution in [0.25, 0.3) is 11.3 Å². The maximum Gasteiger partial charge on any atom is 0.281 e. The molecule has 2 aromatic heterocycles. The highest BCUT2D eigenvalue weighted by molar-refractivity contribution is 7.90. The number of amides is 1. The Morgan fingerprint density at radius 1 is 1.21 bits per heavy atom. The Balaban J connectivity index is 1.71. The number of carbonyl (C=O) groups excluding carboxylic acids is 1. The van der Waals surface area contributed by atoms with Gasteiger partial charge in [0.1, 0.15) is 17.4 Å². The van der Waals surface area contributed by atoms with Gasteiger partial charge in [-0.15, -0.1) is 0 Å². The fourth-order valence-corrected chi connectivity index (χ4v) is 4.98. The van der Waals surface area contributed by atoms with Crippen molar-refractivity contribution >= 4 is 21.7 Å². The van der Waals surface area contributed by atoms with Gasteiger partial charge in [-0.2, -0.15) is 13.5 Å². The number of benzene rings is 1. The van der Waals surface area contributed by atoms with Crippen LogP contribution in [0.3, 0.4) is 0 Å². The molecule has 0 radical (unpaired) electrons. The second kappa shape index (κ2) is 11.1. The minimum absolute atomic E-state index is 0.0746. The summed E-state index contributed by atoms with van der Waals surface area (Å²) in [4.78, 5) is 19.8. The number of aromatic nitrogens is 3. The summed E-state index contributed by atoms with van der Waals surface area (Å²) >= 11 is 0. The molecule has 0 unspecified atom stereocenters. The highest BCUT2D eigenvalue weighted by atomic mass is 32.2. The summed E-state index contributed by atoms with van der Waals surface area (Å²) in [5.74, 6) is -0.385. The molecule has 3 heterocycles. The van der Waals surface area contributed by atoms with Crippen LogP contribution in [0.4, 0.5) is 10.2 Å². The Morgan fingerprint density at radius 3 is 2.58 bits per heavy atom. The number of carbonyl (C=O) groups is 1. The van der Waals surface area contributed by atoms with E-state index in [9.17, 15) is 17.6 Å². The number of piperidine rings is 1. The van der Waals surface area contributed by atoms with Crippen LogP contribution in [-0.4, -0.2) is 61.9 Å². The number of hydrogen-bond acceptors (Lipinski definition) is 8. The normalized spacial score (nSPS) is 15.5. The number of nitrogens with zero attached hydrogens (tertiary/aromatic N) is 3. The fourth-order valence-electron chi connectivity index (χ4n) is 4.10. The third-order valence-corrected chi connectivity index (χ3v) is 7.74. The predicted molar refractivity (Wildman–Crippen MR) is 140 cm³/mol. The van der Waals surface area contributed by atoms with Crippen molar-refractivity contribution in [3.63, 3.8) is 0 Å². The Labute approximate surface area is 221 Å². The third-order valence-electron chi connectivity index (χ3n) is 6.48. The maximum absolute atomic E-state index is 14.5. The highest BCUT2D eigenvalue weighted by Gasteiger charge is 2.32. The molecule has 12 heteroatoms. The number of nitrogens with one attached hydrogen (secondary N) is 2. The lowest BCUT2D eigenvalue weighted by atomic mass is 9.93. The maximum atomic E-state index is 14.5. The van der Waals surface area contributed by atoms with Gasteiger partial charge in [-0.1, -0.05) is 13.8 Å². The lowest BCUT2D eigenvalue weighted by molar-refractivity contribution is -0.0133. The molecule has 0 aliphatic carbocycles. The second-order valence-corrected chi connectivity index (χ2v) is 11.6. The Kier molecular flexibility index (Phi) is 8.02. The molecule has 0 bridgehead atoms. The first-order valence-corrected chi connectivity index (χ1v) is 13.8. The van der Waals surface area contributed by atoms with Crippen LogP contribution in [0.2, 0.25) is 0 Å². The number of methoxy groups -OCH3 is 1. The number of rotatable bonds is 9. The van der Waals surface area contributed by atoms with E-state index in [1.165, 1.54) is 30.5 Å². The number of anilines is 1. The van der Waals surface area contributed by atoms with Crippen molar-refractivity contribution in [1.29, 1.82) is 0 Å².